The van der Waals surface area contributed by atoms with E-state index in [-0.39, 0.29) is 30.3 Å². The molecule has 0 unspecified atom stereocenters. The molecule has 0 aromatic heterocycles. The summed E-state index contributed by atoms with van der Waals surface area (Å²) >= 11 is 0. The highest BCUT2D eigenvalue weighted by Crippen LogP contribution is 2.34. The number of para-hydroxylation sites is 2. The Hall–Kier alpha value is -3.09. The molecule has 24 heavy (non-hydrogen) atoms. The van der Waals surface area contributed by atoms with Gasteiger partial charge in [0.25, 0.3) is 0 Å². The molecule has 1 amide bonds. The van der Waals surface area contributed by atoms with Gasteiger partial charge in [-0.25, -0.2) is 0 Å². The van der Waals surface area contributed by atoms with Gasteiger partial charge in [-0.3, -0.25) is 14.9 Å². The second-order valence-electron chi connectivity index (χ2n) is 4.93. The van der Waals surface area contributed by atoms with Crippen LogP contribution in [0, 0.1) is 10.1 Å². The first kappa shape index (κ1) is 17.3. The van der Waals surface area contributed by atoms with E-state index in [0.29, 0.717) is 18.0 Å². The number of nitro groups is 1. The van der Waals surface area contributed by atoms with Crippen LogP contribution in [0.5, 0.6) is 5.75 Å². The Balaban J connectivity index is 1.95. The molecule has 0 aliphatic rings. The van der Waals surface area contributed by atoms with E-state index in [2.05, 4.69) is 10.6 Å². The maximum atomic E-state index is 11.9. The summed E-state index contributed by atoms with van der Waals surface area (Å²) in [6, 6.07) is 13.9. The minimum atomic E-state index is -0.489. The Labute approximate surface area is 139 Å². The molecule has 2 aromatic carbocycles. The van der Waals surface area contributed by atoms with Gasteiger partial charge in [-0.05, 0) is 31.2 Å². The topological polar surface area (TPSA) is 93.5 Å². The molecule has 2 aromatic rings. The van der Waals surface area contributed by atoms with Crippen molar-refractivity contribution in [1.29, 1.82) is 0 Å². The highest BCUT2D eigenvalue weighted by atomic mass is 16.6. The molecule has 7 heteroatoms. The first-order valence-electron chi connectivity index (χ1n) is 7.60. The van der Waals surface area contributed by atoms with Crippen LogP contribution >= 0.6 is 0 Å². The van der Waals surface area contributed by atoms with Gasteiger partial charge in [0.1, 0.15) is 5.69 Å². The molecule has 0 radical (unpaired) electrons. The van der Waals surface area contributed by atoms with Crippen molar-refractivity contribution in [2.75, 3.05) is 23.8 Å². The third-order valence-electron chi connectivity index (χ3n) is 3.21. The van der Waals surface area contributed by atoms with Crippen LogP contribution in [-0.2, 0) is 4.79 Å². The number of anilines is 2. The van der Waals surface area contributed by atoms with Crippen molar-refractivity contribution in [3.05, 3.63) is 58.6 Å². The predicted molar refractivity (Wildman–Crippen MR) is 92.4 cm³/mol. The standard InChI is InChI=1S/C17H19N3O4/c1-2-24-15-10-6-9-14(17(15)20(22)23)18-12-11-16(21)19-13-7-4-3-5-8-13/h3-10,18H,2,11-12H2,1H3,(H,19,21). The summed E-state index contributed by atoms with van der Waals surface area (Å²) in [6.07, 6.45) is 0.185. The largest absolute Gasteiger partial charge is 0.487 e. The molecule has 126 valence electrons. The molecule has 0 spiro atoms. The second-order valence-corrected chi connectivity index (χ2v) is 4.93. The smallest absolute Gasteiger partial charge is 0.333 e. The van der Waals surface area contributed by atoms with Crippen molar-refractivity contribution in [2.45, 2.75) is 13.3 Å². The molecular weight excluding hydrogens is 310 g/mol. The third kappa shape index (κ3) is 4.70. The Morgan fingerprint density at radius 3 is 2.58 bits per heavy atom. The molecule has 0 aliphatic heterocycles. The summed E-state index contributed by atoms with van der Waals surface area (Å²) < 4.78 is 5.28. The van der Waals surface area contributed by atoms with E-state index in [1.165, 1.54) is 0 Å². The number of nitro benzene ring substituents is 1. The quantitative estimate of drug-likeness (QED) is 0.571. The normalized spacial score (nSPS) is 10.0. The fraction of sp³-hybridized carbons (Fsp3) is 0.235. The summed E-state index contributed by atoms with van der Waals surface area (Å²) in [6.45, 7) is 2.37. The summed E-state index contributed by atoms with van der Waals surface area (Å²) in [5.74, 6) is 0.0403. The van der Waals surface area contributed by atoms with Crippen molar-refractivity contribution >= 4 is 23.0 Å². The monoisotopic (exact) mass is 329 g/mol. The van der Waals surface area contributed by atoms with E-state index in [1.807, 2.05) is 18.2 Å². The number of rotatable bonds is 8. The minimum Gasteiger partial charge on any atom is -0.487 e. The highest BCUT2D eigenvalue weighted by Gasteiger charge is 2.20. The molecule has 0 saturated carbocycles. The van der Waals surface area contributed by atoms with Gasteiger partial charge in [-0.1, -0.05) is 24.3 Å². The van der Waals surface area contributed by atoms with Crippen molar-refractivity contribution < 1.29 is 14.5 Å². The first-order chi connectivity index (χ1) is 11.6. The van der Waals surface area contributed by atoms with Gasteiger partial charge < -0.3 is 15.4 Å². The first-order valence-corrected chi connectivity index (χ1v) is 7.60. The fourth-order valence-corrected chi connectivity index (χ4v) is 2.18. The van der Waals surface area contributed by atoms with Crippen LogP contribution in [-0.4, -0.2) is 24.0 Å². The Morgan fingerprint density at radius 2 is 1.92 bits per heavy atom. The van der Waals surface area contributed by atoms with Gasteiger partial charge in [-0.2, -0.15) is 0 Å². The van der Waals surface area contributed by atoms with E-state index < -0.39 is 4.92 Å². The third-order valence-corrected chi connectivity index (χ3v) is 3.21. The Bertz CT molecular complexity index is 704. The Morgan fingerprint density at radius 1 is 1.17 bits per heavy atom. The van der Waals surface area contributed by atoms with Crippen molar-refractivity contribution in [3.8, 4) is 5.75 Å². The summed E-state index contributed by atoms with van der Waals surface area (Å²) in [5, 5.41) is 16.9. The van der Waals surface area contributed by atoms with Crippen LogP contribution in [0.4, 0.5) is 17.1 Å². The molecule has 2 rings (SSSR count). The second kappa shape index (κ2) is 8.52. The number of carbonyl (C=O) groups is 1. The van der Waals surface area contributed by atoms with Crippen LogP contribution < -0.4 is 15.4 Å². The van der Waals surface area contributed by atoms with E-state index in [0.717, 1.165) is 0 Å². The number of benzene rings is 2. The van der Waals surface area contributed by atoms with Crippen LogP contribution in [0.25, 0.3) is 0 Å². The lowest BCUT2D eigenvalue weighted by atomic mass is 10.2. The van der Waals surface area contributed by atoms with E-state index in [9.17, 15) is 14.9 Å². The highest BCUT2D eigenvalue weighted by molar-refractivity contribution is 5.91. The van der Waals surface area contributed by atoms with Gasteiger partial charge in [0, 0.05) is 18.7 Å². The number of hydrogen-bond donors (Lipinski definition) is 2. The van der Waals surface area contributed by atoms with Crippen molar-refractivity contribution in [3.63, 3.8) is 0 Å². The zero-order valence-corrected chi connectivity index (χ0v) is 13.3. The average Bonchev–Trinajstić information content (AvgIpc) is 2.56. The fourth-order valence-electron chi connectivity index (χ4n) is 2.18. The minimum absolute atomic E-state index is 0.122. The molecule has 0 saturated heterocycles. The zero-order valence-electron chi connectivity index (χ0n) is 13.3. The summed E-state index contributed by atoms with van der Waals surface area (Å²) in [4.78, 5) is 22.7. The van der Waals surface area contributed by atoms with Crippen molar-refractivity contribution in [2.24, 2.45) is 0 Å². The maximum Gasteiger partial charge on any atom is 0.333 e. The Kier molecular flexibility index (Phi) is 6.13. The van der Waals surface area contributed by atoms with Gasteiger partial charge in [0.05, 0.1) is 11.5 Å². The number of ether oxygens (including phenoxy) is 1. The summed E-state index contributed by atoms with van der Waals surface area (Å²) in [7, 11) is 0. The molecule has 0 atom stereocenters. The van der Waals surface area contributed by atoms with Crippen LogP contribution in [0.1, 0.15) is 13.3 Å². The van der Waals surface area contributed by atoms with Gasteiger partial charge in [-0.15, -0.1) is 0 Å². The molecule has 0 bridgehead atoms. The molecule has 0 heterocycles. The molecule has 0 fully saturated rings. The van der Waals surface area contributed by atoms with Crippen LogP contribution in [0.3, 0.4) is 0 Å². The molecule has 7 nitrogen and oxygen atoms in total. The van der Waals surface area contributed by atoms with E-state index in [4.69, 9.17) is 4.74 Å². The van der Waals surface area contributed by atoms with E-state index in [1.54, 1.807) is 37.3 Å². The number of nitrogens with one attached hydrogen (secondary N) is 2. The molecule has 0 aliphatic carbocycles. The lowest BCUT2D eigenvalue weighted by Crippen LogP contribution is -2.16. The van der Waals surface area contributed by atoms with Crippen LogP contribution in [0.15, 0.2) is 48.5 Å². The van der Waals surface area contributed by atoms with Gasteiger partial charge >= 0.3 is 5.69 Å². The number of amides is 1. The van der Waals surface area contributed by atoms with Gasteiger partial charge in [0.15, 0.2) is 5.75 Å². The SMILES string of the molecule is CCOc1cccc(NCCC(=O)Nc2ccccc2)c1[N+](=O)[O-]. The predicted octanol–water partition coefficient (Wildman–Crippen LogP) is 3.43. The lowest BCUT2D eigenvalue weighted by molar-refractivity contribution is -0.384. The van der Waals surface area contributed by atoms with Crippen molar-refractivity contribution in [1.82, 2.24) is 0 Å². The lowest BCUT2D eigenvalue weighted by Gasteiger charge is -2.10. The van der Waals surface area contributed by atoms with Crippen LogP contribution in [0.2, 0.25) is 0 Å². The number of nitrogens with zero attached hydrogens (tertiary/aromatic N) is 1. The number of carbonyl (C=O) groups excluding carboxylic acids is 1. The van der Waals surface area contributed by atoms with Gasteiger partial charge in [0.2, 0.25) is 5.91 Å². The zero-order chi connectivity index (χ0) is 17.4. The average molecular weight is 329 g/mol. The number of hydrogen-bond acceptors (Lipinski definition) is 5. The molecular formula is C17H19N3O4. The van der Waals surface area contributed by atoms with E-state index >= 15 is 0 Å². The maximum absolute atomic E-state index is 11.9. The molecule has 2 N–H and O–H groups in total. The summed E-state index contributed by atoms with van der Waals surface area (Å²) in [5.41, 5.74) is 0.924.